The number of aliphatic hydroxyl groups excluding tert-OH is 1. The van der Waals surface area contributed by atoms with Crippen LogP contribution < -0.4 is 5.32 Å². The number of carbonyl (C=O) groups is 3. The maximum atomic E-state index is 12.2. The molecular formula is C36H64NO10P. The normalized spacial score (nSPS) is 14.4. The predicted octanol–water partition coefficient (Wildman–Crippen LogP) is 8.10. The molecule has 0 fully saturated rings. The maximum Gasteiger partial charge on any atom is 0.472 e. The van der Waals surface area contributed by atoms with Crippen molar-refractivity contribution in [1.82, 2.24) is 5.32 Å². The van der Waals surface area contributed by atoms with Gasteiger partial charge >= 0.3 is 19.8 Å². The number of aliphatic hydroxyl groups is 1. The maximum absolute atomic E-state index is 12.2. The van der Waals surface area contributed by atoms with Crippen molar-refractivity contribution in [3.8, 4) is 0 Å². The monoisotopic (exact) mass is 701 g/mol. The van der Waals surface area contributed by atoms with Crippen molar-refractivity contribution in [2.75, 3.05) is 19.8 Å². The van der Waals surface area contributed by atoms with Crippen LogP contribution >= 0.6 is 7.82 Å². The van der Waals surface area contributed by atoms with Gasteiger partial charge in [-0.25, -0.2) is 9.36 Å². The number of phosphoric acid groups is 1. The number of carboxylic acids is 1. The summed E-state index contributed by atoms with van der Waals surface area (Å²) in [7, 11) is -4.75. The van der Waals surface area contributed by atoms with Gasteiger partial charge < -0.3 is 25.2 Å². The molecule has 0 bridgehead atoms. The van der Waals surface area contributed by atoms with Crippen LogP contribution in [0.3, 0.4) is 0 Å². The molecule has 0 saturated carbocycles. The molecule has 0 saturated heterocycles. The van der Waals surface area contributed by atoms with Gasteiger partial charge in [0.1, 0.15) is 12.7 Å². The molecule has 12 heteroatoms. The average molecular weight is 702 g/mol. The number of rotatable bonds is 33. The quantitative estimate of drug-likeness (QED) is 0.0227. The Labute approximate surface area is 289 Å². The van der Waals surface area contributed by atoms with E-state index >= 15 is 0 Å². The van der Waals surface area contributed by atoms with E-state index in [-0.39, 0.29) is 12.8 Å². The van der Waals surface area contributed by atoms with E-state index in [0.29, 0.717) is 12.8 Å². The molecule has 0 aliphatic rings. The highest BCUT2D eigenvalue weighted by molar-refractivity contribution is 7.47. The Morgan fingerprint density at radius 2 is 1.19 bits per heavy atom. The lowest BCUT2D eigenvalue weighted by atomic mass is 10.1. The molecule has 48 heavy (non-hydrogen) atoms. The van der Waals surface area contributed by atoms with Crippen LogP contribution in [0.25, 0.3) is 0 Å². The summed E-state index contributed by atoms with van der Waals surface area (Å²) in [6.45, 7) is 2.43. The Kier molecular flexibility index (Phi) is 30.4. The van der Waals surface area contributed by atoms with Gasteiger partial charge in [0.05, 0.1) is 13.2 Å². The number of ether oxygens (including phenoxy) is 1. The van der Waals surface area contributed by atoms with Gasteiger partial charge in [-0.3, -0.25) is 18.6 Å². The summed E-state index contributed by atoms with van der Waals surface area (Å²) in [4.78, 5) is 45.6. The fourth-order valence-corrected chi connectivity index (χ4v) is 5.28. The number of hydrogen-bond acceptors (Lipinski definition) is 8. The molecule has 278 valence electrons. The number of nitrogens with one attached hydrogen (secondary N) is 1. The molecule has 3 atom stereocenters. The van der Waals surface area contributed by atoms with E-state index in [9.17, 15) is 34.1 Å². The van der Waals surface area contributed by atoms with Crippen LogP contribution in [0.1, 0.15) is 142 Å². The number of phosphoric ester groups is 1. The smallest absolute Gasteiger partial charge is 0.472 e. The summed E-state index contributed by atoms with van der Waals surface area (Å²) in [5.74, 6) is -2.41. The highest BCUT2D eigenvalue weighted by Crippen LogP contribution is 2.43. The van der Waals surface area contributed by atoms with Crippen LogP contribution in [0, 0.1) is 0 Å². The van der Waals surface area contributed by atoms with Crippen molar-refractivity contribution in [3.63, 3.8) is 0 Å². The fourth-order valence-electron chi connectivity index (χ4n) is 4.51. The van der Waals surface area contributed by atoms with Gasteiger partial charge in [-0.15, -0.1) is 0 Å². The van der Waals surface area contributed by atoms with Crippen molar-refractivity contribution >= 4 is 25.7 Å². The van der Waals surface area contributed by atoms with Gasteiger partial charge in [-0.2, -0.15) is 0 Å². The molecule has 0 aromatic heterocycles. The Hall–Kier alpha value is -2.30. The minimum Gasteiger partial charge on any atom is -0.480 e. The molecule has 0 spiro atoms. The van der Waals surface area contributed by atoms with E-state index in [0.717, 1.165) is 89.9 Å². The molecule has 1 amide bonds. The van der Waals surface area contributed by atoms with E-state index in [1.807, 2.05) is 0 Å². The van der Waals surface area contributed by atoms with Gasteiger partial charge in [0.25, 0.3) is 0 Å². The largest absolute Gasteiger partial charge is 0.480 e. The van der Waals surface area contributed by atoms with Crippen molar-refractivity contribution in [3.05, 3.63) is 36.5 Å². The first-order chi connectivity index (χ1) is 23.1. The second-order valence-corrected chi connectivity index (χ2v) is 13.5. The molecule has 0 aliphatic heterocycles. The van der Waals surface area contributed by atoms with Crippen molar-refractivity contribution in [2.24, 2.45) is 0 Å². The van der Waals surface area contributed by atoms with Crippen LogP contribution in [-0.4, -0.2) is 64.9 Å². The number of unbranched alkanes of at least 4 members (excludes halogenated alkanes) is 13. The Bertz CT molecular complexity index is 968. The first-order valence-corrected chi connectivity index (χ1v) is 19.5. The first kappa shape index (κ1) is 45.7. The number of carbonyl (C=O) groups excluding carboxylic acids is 2. The van der Waals surface area contributed by atoms with Gasteiger partial charge in [0.15, 0.2) is 6.04 Å². The Morgan fingerprint density at radius 1 is 0.667 bits per heavy atom. The molecule has 0 aromatic carbocycles. The van der Waals surface area contributed by atoms with Crippen LogP contribution in [0.2, 0.25) is 0 Å². The molecule has 0 radical (unpaired) electrons. The minimum atomic E-state index is -4.75. The summed E-state index contributed by atoms with van der Waals surface area (Å²) in [6.07, 6.45) is 30.4. The molecule has 4 N–H and O–H groups in total. The molecule has 0 aliphatic carbocycles. The third kappa shape index (κ3) is 31.0. The minimum absolute atomic E-state index is 0.128. The van der Waals surface area contributed by atoms with Gasteiger partial charge in [-0.1, -0.05) is 108 Å². The number of esters is 1. The molecule has 3 unspecified atom stereocenters. The van der Waals surface area contributed by atoms with Crippen LogP contribution in [-0.2, 0) is 32.7 Å². The summed E-state index contributed by atoms with van der Waals surface area (Å²) in [5, 5.41) is 21.7. The molecule has 11 nitrogen and oxygen atoms in total. The summed E-state index contributed by atoms with van der Waals surface area (Å²) < 4.78 is 26.6. The highest BCUT2D eigenvalue weighted by atomic mass is 31.2. The zero-order valence-electron chi connectivity index (χ0n) is 29.5. The predicted molar refractivity (Wildman–Crippen MR) is 189 cm³/mol. The van der Waals surface area contributed by atoms with E-state index in [1.165, 1.54) is 12.8 Å². The molecule has 0 aromatic rings. The zero-order valence-corrected chi connectivity index (χ0v) is 30.4. The summed E-state index contributed by atoms with van der Waals surface area (Å²) >= 11 is 0. The van der Waals surface area contributed by atoms with Gasteiger partial charge in [0.2, 0.25) is 5.91 Å². The lowest BCUT2D eigenvalue weighted by Crippen LogP contribution is -2.43. The van der Waals surface area contributed by atoms with Crippen LogP contribution in [0.5, 0.6) is 0 Å². The number of allylic oxidation sites excluding steroid dienone is 6. The number of amides is 1. The van der Waals surface area contributed by atoms with Crippen molar-refractivity contribution in [2.45, 2.75) is 154 Å². The summed E-state index contributed by atoms with van der Waals surface area (Å²) in [6, 6.07) is -1.55. The summed E-state index contributed by atoms with van der Waals surface area (Å²) in [5.41, 5.74) is 0. The van der Waals surface area contributed by atoms with Crippen LogP contribution in [0.4, 0.5) is 0 Å². The average Bonchev–Trinajstić information content (AvgIpc) is 3.05. The highest BCUT2D eigenvalue weighted by Gasteiger charge is 2.28. The third-order valence-corrected chi connectivity index (χ3v) is 8.33. The zero-order chi connectivity index (χ0) is 35.7. The van der Waals surface area contributed by atoms with Crippen molar-refractivity contribution in [1.29, 1.82) is 0 Å². The Balaban J connectivity index is 4.04. The topological polar surface area (TPSA) is 169 Å². The van der Waals surface area contributed by atoms with Gasteiger partial charge in [-0.05, 0) is 57.8 Å². The Morgan fingerprint density at radius 3 is 1.79 bits per heavy atom. The number of hydrogen-bond donors (Lipinski definition) is 4. The van der Waals surface area contributed by atoms with E-state index in [1.54, 1.807) is 0 Å². The lowest BCUT2D eigenvalue weighted by Gasteiger charge is -2.18. The standard InChI is InChI=1S/C36H64NO10P/c1-3-5-7-9-11-13-15-16-17-18-19-21-23-25-27-34(39)37-33(36(41)42)31-47-48(43,44)46-30-32(38)29-45-35(40)28-26-24-22-20-14-12-10-8-6-4-2/h8-11,15-16,32-33,38H,3-7,12-14,17-31H2,1-2H3,(H,37,39)(H,41,42)(H,43,44)/b10-8-,11-9-,16-15-. The SMILES string of the molecule is CCC/C=C\CCCCCCCC(=O)OCC(O)COP(=O)(O)OCC(NC(=O)CCCCCCC/C=C\C/C=C\CCCC)C(=O)O. The van der Waals surface area contributed by atoms with E-state index < -0.39 is 57.6 Å². The number of carboxylic acid groups (broad SMARTS) is 1. The first-order valence-electron chi connectivity index (χ1n) is 18.0. The second kappa shape index (κ2) is 31.9. The fraction of sp³-hybridized carbons (Fsp3) is 0.750. The molecule has 0 rings (SSSR count). The molecule has 0 heterocycles. The lowest BCUT2D eigenvalue weighted by molar-refractivity contribution is -0.147. The van der Waals surface area contributed by atoms with Crippen LogP contribution in [0.15, 0.2) is 36.5 Å². The second-order valence-electron chi connectivity index (χ2n) is 12.0. The third-order valence-electron chi connectivity index (χ3n) is 7.38. The van der Waals surface area contributed by atoms with Crippen molar-refractivity contribution < 1.29 is 47.8 Å². The van der Waals surface area contributed by atoms with Gasteiger partial charge in [0, 0.05) is 12.8 Å². The van der Waals surface area contributed by atoms with E-state index in [4.69, 9.17) is 13.8 Å². The number of aliphatic carboxylic acids is 1. The molecular weight excluding hydrogens is 637 g/mol. The van der Waals surface area contributed by atoms with E-state index in [2.05, 4.69) is 55.6 Å².